The molecule has 2 saturated carbocycles. The molecule has 1 aromatic heterocycles. The summed E-state index contributed by atoms with van der Waals surface area (Å²) in [5.74, 6) is -0.358. The van der Waals surface area contributed by atoms with Gasteiger partial charge in [-0.3, -0.25) is 9.59 Å². The highest BCUT2D eigenvalue weighted by atomic mass is 16.2. The lowest BCUT2D eigenvalue weighted by atomic mass is 9.70. The molecule has 19 heavy (non-hydrogen) atoms. The number of carbonyl (C=O) groups is 2. The van der Waals surface area contributed by atoms with E-state index in [0.717, 1.165) is 12.8 Å². The molecule has 2 aliphatic carbocycles. The van der Waals surface area contributed by atoms with Gasteiger partial charge in [-0.15, -0.1) is 0 Å². The van der Waals surface area contributed by atoms with Gasteiger partial charge in [0.2, 0.25) is 5.78 Å². The zero-order chi connectivity index (χ0) is 13.8. The van der Waals surface area contributed by atoms with Crippen LogP contribution in [0.15, 0.2) is 18.5 Å². The number of aromatic nitrogens is 2. The summed E-state index contributed by atoms with van der Waals surface area (Å²) in [6.45, 7) is 6.23. The van der Waals surface area contributed by atoms with E-state index in [4.69, 9.17) is 0 Å². The maximum Gasteiger partial charge on any atom is 0.210 e. The quantitative estimate of drug-likeness (QED) is 0.603. The second-order valence-corrected chi connectivity index (χ2v) is 6.48. The Hall–Kier alpha value is -1.58. The van der Waals surface area contributed by atoms with Crippen LogP contribution in [-0.2, 0) is 4.79 Å². The molecule has 2 aliphatic rings. The summed E-state index contributed by atoms with van der Waals surface area (Å²) in [6.07, 6.45) is 4.93. The van der Waals surface area contributed by atoms with Crippen LogP contribution in [0, 0.1) is 22.7 Å². The van der Waals surface area contributed by atoms with Crippen molar-refractivity contribution in [2.45, 2.75) is 33.6 Å². The van der Waals surface area contributed by atoms with Gasteiger partial charge in [0.15, 0.2) is 11.6 Å². The van der Waals surface area contributed by atoms with Crippen molar-refractivity contribution >= 4 is 11.6 Å². The SMILES string of the molecule is CC1(C)[C@H]2CC[C@]1(C)C(=O)[C@H]2C(=O)c1ncccn1. The highest BCUT2D eigenvalue weighted by Crippen LogP contribution is 2.65. The number of hydrogen-bond donors (Lipinski definition) is 0. The van der Waals surface area contributed by atoms with E-state index in [9.17, 15) is 9.59 Å². The fourth-order valence-electron chi connectivity index (χ4n) is 3.95. The summed E-state index contributed by atoms with van der Waals surface area (Å²) in [5, 5.41) is 0. The Morgan fingerprint density at radius 3 is 2.42 bits per heavy atom. The van der Waals surface area contributed by atoms with Gasteiger partial charge in [0.05, 0.1) is 5.92 Å². The van der Waals surface area contributed by atoms with Crippen LogP contribution in [0.2, 0.25) is 0 Å². The zero-order valence-corrected chi connectivity index (χ0v) is 11.5. The number of ketones is 2. The maximum absolute atomic E-state index is 12.6. The lowest BCUT2D eigenvalue weighted by Crippen LogP contribution is -2.35. The predicted octanol–water partition coefficient (Wildman–Crippen LogP) is 2.30. The van der Waals surface area contributed by atoms with E-state index in [2.05, 4.69) is 23.8 Å². The molecular weight excluding hydrogens is 240 g/mol. The van der Waals surface area contributed by atoms with E-state index in [1.54, 1.807) is 18.5 Å². The largest absolute Gasteiger partial charge is 0.298 e. The fraction of sp³-hybridized carbons (Fsp3) is 0.600. The molecule has 0 saturated heterocycles. The van der Waals surface area contributed by atoms with Crippen molar-refractivity contribution in [2.75, 3.05) is 0 Å². The van der Waals surface area contributed by atoms with Crippen molar-refractivity contribution in [3.63, 3.8) is 0 Å². The molecule has 3 atom stereocenters. The average molecular weight is 258 g/mol. The third-order valence-corrected chi connectivity index (χ3v) is 5.60. The summed E-state index contributed by atoms with van der Waals surface area (Å²) in [6, 6.07) is 1.67. The molecule has 3 rings (SSSR count). The Kier molecular flexibility index (Phi) is 2.43. The van der Waals surface area contributed by atoms with Crippen LogP contribution in [0.5, 0.6) is 0 Å². The van der Waals surface area contributed by atoms with Gasteiger partial charge in [0.25, 0.3) is 0 Å². The standard InChI is InChI=1S/C15H18N2O2/c1-14(2)9-5-6-15(14,3)12(19)10(9)11(18)13-16-7-4-8-17-13/h4,7-10H,5-6H2,1-3H3/t9-,10+,15+/m0/s1. The lowest BCUT2D eigenvalue weighted by Gasteiger charge is -2.32. The lowest BCUT2D eigenvalue weighted by molar-refractivity contribution is -0.130. The van der Waals surface area contributed by atoms with Gasteiger partial charge >= 0.3 is 0 Å². The number of carbonyl (C=O) groups excluding carboxylic acids is 2. The Balaban J connectivity index is 2.01. The molecule has 0 aromatic carbocycles. The van der Waals surface area contributed by atoms with Crippen LogP contribution < -0.4 is 0 Å². The molecule has 2 bridgehead atoms. The van der Waals surface area contributed by atoms with E-state index < -0.39 is 5.92 Å². The Labute approximate surface area is 112 Å². The third kappa shape index (κ3) is 1.40. The minimum absolute atomic E-state index is 0.0891. The number of hydrogen-bond acceptors (Lipinski definition) is 4. The van der Waals surface area contributed by atoms with E-state index in [0.29, 0.717) is 0 Å². The van der Waals surface area contributed by atoms with E-state index >= 15 is 0 Å². The number of fused-ring (bicyclic) bond motifs is 2. The summed E-state index contributed by atoms with van der Waals surface area (Å²) < 4.78 is 0. The summed E-state index contributed by atoms with van der Waals surface area (Å²) in [5.41, 5.74) is -0.480. The summed E-state index contributed by atoms with van der Waals surface area (Å²) >= 11 is 0. The van der Waals surface area contributed by atoms with Crippen molar-refractivity contribution in [1.82, 2.24) is 9.97 Å². The first-order valence-corrected chi connectivity index (χ1v) is 6.75. The minimum atomic E-state index is -0.545. The van der Waals surface area contributed by atoms with Crippen LogP contribution in [-0.4, -0.2) is 21.5 Å². The summed E-state index contributed by atoms with van der Waals surface area (Å²) in [7, 11) is 0. The van der Waals surface area contributed by atoms with Crippen molar-refractivity contribution in [2.24, 2.45) is 22.7 Å². The molecule has 0 unspecified atom stereocenters. The molecule has 2 fully saturated rings. The number of Topliss-reactive ketones (excluding diaryl/α,β-unsaturated/α-hetero) is 2. The average Bonchev–Trinajstić information content (AvgIpc) is 2.71. The second-order valence-electron chi connectivity index (χ2n) is 6.48. The first-order chi connectivity index (χ1) is 8.89. The Morgan fingerprint density at radius 1 is 1.26 bits per heavy atom. The summed E-state index contributed by atoms with van der Waals surface area (Å²) in [4.78, 5) is 33.2. The van der Waals surface area contributed by atoms with Crippen LogP contribution in [0.25, 0.3) is 0 Å². The molecule has 0 amide bonds. The maximum atomic E-state index is 12.6. The molecule has 1 aromatic rings. The second kappa shape index (κ2) is 3.71. The van der Waals surface area contributed by atoms with Crippen LogP contribution in [0.3, 0.4) is 0 Å². The Morgan fingerprint density at radius 2 is 1.89 bits per heavy atom. The van der Waals surface area contributed by atoms with Crippen LogP contribution >= 0.6 is 0 Å². The van der Waals surface area contributed by atoms with Crippen molar-refractivity contribution in [3.05, 3.63) is 24.3 Å². The van der Waals surface area contributed by atoms with Crippen LogP contribution in [0.4, 0.5) is 0 Å². The topological polar surface area (TPSA) is 59.9 Å². The molecular formula is C15H18N2O2. The van der Waals surface area contributed by atoms with Crippen LogP contribution in [0.1, 0.15) is 44.2 Å². The molecule has 4 heteroatoms. The molecule has 100 valence electrons. The Bertz CT molecular complexity index is 553. The van der Waals surface area contributed by atoms with Gasteiger partial charge in [0, 0.05) is 17.8 Å². The van der Waals surface area contributed by atoms with Gasteiger partial charge in [-0.1, -0.05) is 20.8 Å². The highest BCUT2D eigenvalue weighted by molar-refractivity contribution is 6.13. The third-order valence-electron chi connectivity index (χ3n) is 5.60. The molecule has 4 nitrogen and oxygen atoms in total. The van der Waals surface area contributed by atoms with Gasteiger partial charge < -0.3 is 0 Å². The normalized spacial score (nSPS) is 35.6. The van der Waals surface area contributed by atoms with Gasteiger partial charge in [-0.25, -0.2) is 9.97 Å². The predicted molar refractivity (Wildman–Crippen MR) is 69.5 cm³/mol. The van der Waals surface area contributed by atoms with Crippen molar-refractivity contribution in [3.8, 4) is 0 Å². The monoisotopic (exact) mass is 258 g/mol. The zero-order valence-electron chi connectivity index (χ0n) is 11.5. The van der Waals surface area contributed by atoms with Gasteiger partial charge in [0.1, 0.15) is 0 Å². The van der Waals surface area contributed by atoms with Crippen molar-refractivity contribution < 1.29 is 9.59 Å². The molecule has 0 spiro atoms. The molecule has 0 radical (unpaired) electrons. The smallest absolute Gasteiger partial charge is 0.210 e. The minimum Gasteiger partial charge on any atom is -0.298 e. The molecule has 1 heterocycles. The first-order valence-electron chi connectivity index (χ1n) is 6.75. The van der Waals surface area contributed by atoms with E-state index in [-0.39, 0.29) is 34.1 Å². The number of rotatable bonds is 2. The fourth-order valence-corrected chi connectivity index (χ4v) is 3.95. The first kappa shape index (κ1) is 12.5. The van der Waals surface area contributed by atoms with Gasteiger partial charge in [-0.05, 0) is 30.2 Å². The number of nitrogens with zero attached hydrogens (tertiary/aromatic N) is 2. The molecule has 0 aliphatic heterocycles. The van der Waals surface area contributed by atoms with E-state index in [1.165, 1.54) is 0 Å². The van der Waals surface area contributed by atoms with Gasteiger partial charge in [-0.2, -0.15) is 0 Å². The molecule has 0 N–H and O–H groups in total. The van der Waals surface area contributed by atoms with E-state index in [1.807, 2.05) is 6.92 Å². The van der Waals surface area contributed by atoms with Crippen molar-refractivity contribution in [1.29, 1.82) is 0 Å². The highest BCUT2D eigenvalue weighted by Gasteiger charge is 2.67.